The molecule has 0 spiro atoms. The first-order chi connectivity index (χ1) is 8.00. The van der Waals surface area contributed by atoms with Crippen molar-refractivity contribution in [3.05, 3.63) is 47.8 Å². The molecule has 1 heterocycles. The number of alkyl halides is 3. The maximum absolute atomic E-state index is 12.5. The zero-order valence-electron chi connectivity index (χ0n) is 9.20. The molecule has 0 saturated heterocycles. The zero-order chi connectivity index (χ0) is 12.5. The summed E-state index contributed by atoms with van der Waals surface area (Å²) in [5.41, 5.74) is 0.602. The minimum absolute atomic E-state index is 0.416. The Kier molecular flexibility index (Phi) is 2.92. The van der Waals surface area contributed by atoms with Gasteiger partial charge in [-0.25, -0.2) is 4.68 Å². The number of aromatic nitrogens is 2. The fourth-order valence-corrected chi connectivity index (χ4v) is 1.52. The molecule has 0 aliphatic carbocycles. The molecule has 1 aromatic carbocycles. The number of aryl methyl sites for hydroxylation is 1. The van der Waals surface area contributed by atoms with Gasteiger partial charge in [0.1, 0.15) is 0 Å². The molecule has 1 aromatic heterocycles. The van der Waals surface area contributed by atoms with Gasteiger partial charge in [0.2, 0.25) is 0 Å². The van der Waals surface area contributed by atoms with Gasteiger partial charge in [-0.3, -0.25) is 0 Å². The lowest BCUT2D eigenvalue weighted by Crippen LogP contribution is -2.06. The highest BCUT2D eigenvalue weighted by molar-refractivity contribution is 5.36. The molecule has 0 unspecified atom stereocenters. The Morgan fingerprint density at radius 2 is 2.00 bits per heavy atom. The maximum Gasteiger partial charge on any atom is 0.416 e. The average molecular weight is 240 g/mol. The molecule has 0 amide bonds. The Hall–Kier alpha value is -1.78. The van der Waals surface area contributed by atoms with E-state index in [0.717, 1.165) is 24.2 Å². The van der Waals surface area contributed by atoms with Crippen molar-refractivity contribution >= 4 is 0 Å². The topological polar surface area (TPSA) is 17.8 Å². The minimum Gasteiger partial charge on any atom is -0.241 e. The van der Waals surface area contributed by atoms with Crippen LogP contribution in [0.3, 0.4) is 0 Å². The van der Waals surface area contributed by atoms with Gasteiger partial charge in [0.15, 0.2) is 0 Å². The molecule has 0 N–H and O–H groups in total. The molecule has 0 bridgehead atoms. The molecule has 0 saturated carbocycles. The second-order valence-electron chi connectivity index (χ2n) is 3.65. The standard InChI is InChI=1S/C12H11F3N2/c1-2-10-6-7-17(16-10)11-5-3-4-9(8-11)12(13,14)15/h3-8H,2H2,1H3. The minimum atomic E-state index is -4.32. The number of hydrogen-bond acceptors (Lipinski definition) is 1. The summed E-state index contributed by atoms with van der Waals surface area (Å²) in [6.45, 7) is 1.94. The fraction of sp³-hybridized carbons (Fsp3) is 0.250. The highest BCUT2D eigenvalue weighted by Crippen LogP contribution is 2.30. The van der Waals surface area contributed by atoms with Gasteiger partial charge in [0.05, 0.1) is 16.9 Å². The lowest BCUT2D eigenvalue weighted by Gasteiger charge is -2.08. The monoisotopic (exact) mass is 240 g/mol. The van der Waals surface area contributed by atoms with Gasteiger partial charge in [-0.05, 0) is 30.7 Å². The van der Waals surface area contributed by atoms with E-state index in [4.69, 9.17) is 0 Å². The van der Waals surface area contributed by atoms with Gasteiger partial charge in [-0.2, -0.15) is 18.3 Å². The summed E-state index contributed by atoms with van der Waals surface area (Å²) < 4.78 is 39.0. The molecule has 0 aliphatic rings. The molecule has 0 atom stereocenters. The van der Waals surface area contributed by atoms with Crippen molar-refractivity contribution in [3.63, 3.8) is 0 Å². The Bertz CT molecular complexity index is 514. The third-order valence-electron chi connectivity index (χ3n) is 2.44. The summed E-state index contributed by atoms with van der Waals surface area (Å²) in [7, 11) is 0. The molecule has 5 heteroatoms. The van der Waals surface area contributed by atoms with Crippen LogP contribution in [0.2, 0.25) is 0 Å². The third-order valence-corrected chi connectivity index (χ3v) is 2.44. The van der Waals surface area contributed by atoms with Crippen LogP contribution in [0, 0.1) is 0 Å². The first kappa shape index (κ1) is 11.7. The predicted octanol–water partition coefficient (Wildman–Crippen LogP) is 3.45. The van der Waals surface area contributed by atoms with Crippen LogP contribution in [0.1, 0.15) is 18.2 Å². The Morgan fingerprint density at radius 3 is 2.59 bits per heavy atom. The summed E-state index contributed by atoms with van der Waals surface area (Å²) in [5, 5.41) is 4.17. The van der Waals surface area contributed by atoms with E-state index >= 15 is 0 Å². The molecular weight excluding hydrogens is 229 g/mol. The number of benzene rings is 1. The highest BCUT2D eigenvalue weighted by atomic mass is 19.4. The SMILES string of the molecule is CCc1ccn(-c2cccc(C(F)(F)F)c2)n1. The summed E-state index contributed by atoms with van der Waals surface area (Å²) in [6, 6.07) is 6.91. The Morgan fingerprint density at radius 1 is 1.24 bits per heavy atom. The normalized spacial score (nSPS) is 11.8. The van der Waals surface area contributed by atoms with E-state index in [0.29, 0.717) is 5.69 Å². The number of halogens is 3. The first-order valence-electron chi connectivity index (χ1n) is 5.23. The number of rotatable bonds is 2. The van der Waals surface area contributed by atoms with E-state index in [-0.39, 0.29) is 0 Å². The van der Waals surface area contributed by atoms with E-state index < -0.39 is 11.7 Å². The molecule has 17 heavy (non-hydrogen) atoms. The summed E-state index contributed by atoms with van der Waals surface area (Å²) >= 11 is 0. The van der Waals surface area contributed by atoms with Crippen molar-refractivity contribution in [2.75, 3.05) is 0 Å². The van der Waals surface area contributed by atoms with Crippen LogP contribution >= 0.6 is 0 Å². The molecule has 0 fully saturated rings. The number of nitrogens with zero attached hydrogens (tertiary/aromatic N) is 2. The van der Waals surface area contributed by atoms with Gasteiger partial charge in [-0.15, -0.1) is 0 Å². The van der Waals surface area contributed by atoms with Crippen molar-refractivity contribution in [1.82, 2.24) is 9.78 Å². The molecule has 2 rings (SSSR count). The van der Waals surface area contributed by atoms with Crippen molar-refractivity contribution in [1.29, 1.82) is 0 Å². The van der Waals surface area contributed by atoms with Gasteiger partial charge in [-0.1, -0.05) is 13.0 Å². The fourth-order valence-electron chi connectivity index (χ4n) is 1.52. The van der Waals surface area contributed by atoms with Crippen molar-refractivity contribution in [2.24, 2.45) is 0 Å². The van der Waals surface area contributed by atoms with Crippen LogP contribution in [0.25, 0.3) is 5.69 Å². The number of hydrogen-bond donors (Lipinski definition) is 0. The van der Waals surface area contributed by atoms with Crippen molar-refractivity contribution < 1.29 is 13.2 Å². The summed E-state index contributed by atoms with van der Waals surface area (Å²) in [4.78, 5) is 0. The Balaban J connectivity index is 2.39. The van der Waals surface area contributed by atoms with E-state index in [1.807, 2.05) is 6.92 Å². The van der Waals surface area contributed by atoms with Gasteiger partial charge in [0.25, 0.3) is 0 Å². The molecule has 90 valence electrons. The predicted molar refractivity (Wildman–Crippen MR) is 57.9 cm³/mol. The average Bonchev–Trinajstić information content (AvgIpc) is 2.76. The highest BCUT2D eigenvalue weighted by Gasteiger charge is 2.30. The largest absolute Gasteiger partial charge is 0.416 e. The van der Waals surface area contributed by atoms with E-state index in [1.54, 1.807) is 18.3 Å². The lowest BCUT2D eigenvalue weighted by atomic mass is 10.2. The summed E-state index contributed by atoms with van der Waals surface area (Å²) in [5.74, 6) is 0. The van der Waals surface area contributed by atoms with Crippen LogP contribution < -0.4 is 0 Å². The molecule has 2 nitrogen and oxygen atoms in total. The third kappa shape index (κ3) is 2.49. The maximum atomic E-state index is 12.5. The molecule has 0 aliphatic heterocycles. The smallest absolute Gasteiger partial charge is 0.241 e. The summed E-state index contributed by atoms with van der Waals surface area (Å²) in [6.07, 6.45) is -1.91. The quantitative estimate of drug-likeness (QED) is 0.786. The first-order valence-corrected chi connectivity index (χ1v) is 5.23. The van der Waals surface area contributed by atoms with Crippen LogP contribution in [0.5, 0.6) is 0 Å². The molecule has 0 radical (unpaired) electrons. The van der Waals surface area contributed by atoms with E-state index in [9.17, 15) is 13.2 Å². The van der Waals surface area contributed by atoms with Crippen molar-refractivity contribution in [3.8, 4) is 5.69 Å². The lowest BCUT2D eigenvalue weighted by molar-refractivity contribution is -0.137. The van der Waals surface area contributed by atoms with Crippen LogP contribution in [-0.2, 0) is 12.6 Å². The second-order valence-corrected chi connectivity index (χ2v) is 3.65. The van der Waals surface area contributed by atoms with Crippen LogP contribution in [-0.4, -0.2) is 9.78 Å². The van der Waals surface area contributed by atoms with Crippen LogP contribution in [0.4, 0.5) is 13.2 Å². The van der Waals surface area contributed by atoms with Gasteiger partial charge in [0, 0.05) is 6.20 Å². The van der Waals surface area contributed by atoms with Gasteiger partial charge >= 0.3 is 6.18 Å². The van der Waals surface area contributed by atoms with E-state index in [1.165, 1.54) is 10.7 Å². The van der Waals surface area contributed by atoms with E-state index in [2.05, 4.69) is 5.10 Å². The van der Waals surface area contributed by atoms with Crippen molar-refractivity contribution in [2.45, 2.75) is 19.5 Å². The zero-order valence-corrected chi connectivity index (χ0v) is 9.20. The molecular formula is C12H11F3N2. The van der Waals surface area contributed by atoms with Crippen LogP contribution in [0.15, 0.2) is 36.5 Å². The Labute approximate surface area is 96.7 Å². The van der Waals surface area contributed by atoms with Gasteiger partial charge < -0.3 is 0 Å². The molecule has 2 aromatic rings. The second kappa shape index (κ2) is 4.24.